The second kappa shape index (κ2) is 7.23. The summed E-state index contributed by atoms with van der Waals surface area (Å²) < 4.78 is 5.72. The third kappa shape index (κ3) is 3.24. The monoisotopic (exact) mass is 376 g/mol. The second-order valence-electron chi connectivity index (χ2n) is 6.79. The molecule has 1 aliphatic heterocycles. The second-order valence-corrected chi connectivity index (χ2v) is 6.79. The normalized spacial score (nSPS) is 13.4. The number of carbonyl (C=O) groups excluding carboxylic acids is 1. The van der Waals surface area contributed by atoms with Crippen molar-refractivity contribution in [1.29, 1.82) is 0 Å². The van der Waals surface area contributed by atoms with Crippen molar-refractivity contribution in [1.82, 2.24) is 9.88 Å². The molecule has 0 fully saturated rings. The molecule has 0 atom stereocenters. The molecule has 2 N–H and O–H groups in total. The third-order valence-corrected chi connectivity index (χ3v) is 4.91. The SMILES string of the molecule is Cc1ccccc1-c1cc(O)c2c(c1)CN(C(=O)c1ccc[nH]c1=O)CCO2. The average Bonchev–Trinajstić information content (AvgIpc) is 2.91. The molecule has 0 bridgehead atoms. The zero-order valence-electron chi connectivity index (χ0n) is 15.4. The van der Waals surface area contributed by atoms with Crippen LogP contribution in [0.5, 0.6) is 11.5 Å². The third-order valence-electron chi connectivity index (χ3n) is 4.91. The Bertz CT molecular complexity index is 1100. The number of aryl methyl sites for hydroxylation is 1. The number of H-pyrrole nitrogens is 1. The number of carbonyl (C=O) groups is 1. The van der Waals surface area contributed by atoms with Gasteiger partial charge in [-0.15, -0.1) is 0 Å². The summed E-state index contributed by atoms with van der Waals surface area (Å²) in [7, 11) is 0. The van der Waals surface area contributed by atoms with Gasteiger partial charge in [0.05, 0.1) is 6.54 Å². The molecule has 2 heterocycles. The fourth-order valence-corrected chi connectivity index (χ4v) is 3.48. The summed E-state index contributed by atoms with van der Waals surface area (Å²) in [5.41, 5.74) is 3.31. The molecule has 6 heteroatoms. The van der Waals surface area contributed by atoms with Gasteiger partial charge in [0, 0.05) is 18.3 Å². The van der Waals surface area contributed by atoms with Crippen molar-refractivity contribution in [2.75, 3.05) is 13.2 Å². The summed E-state index contributed by atoms with van der Waals surface area (Å²) in [6.07, 6.45) is 1.49. The molecule has 4 rings (SSSR count). The minimum atomic E-state index is -0.422. The Kier molecular flexibility index (Phi) is 4.61. The van der Waals surface area contributed by atoms with Crippen molar-refractivity contribution in [2.45, 2.75) is 13.5 Å². The number of fused-ring (bicyclic) bond motifs is 1. The van der Waals surface area contributed by atoms with Crippen molar-refractivity contribution in [2.24, 2.45) is 0 Å². The van der Waals surface area contributed by atoms with E-state index in [1.807, 2.05) is 37.3 Å². The summed E-state index contributed by atoms with van der Waals surface area (Å²) >= 11 is 0. The van der Waals surface area contributed by atoms with E-state index in [2.05, 4.69) is 4.98 Å². The first-order valence-corrected chi connectivity index (χ1v) is 9.06. The van der Waals surface area contributed by atoms with Gasteiger partial charge in [0.15, 0.2) is 11.5 Å². The number of rotatable bonds is 2. The van der Waals surface area contributed by atoms with E-state index in [9.17, 15) is 14.7 Å². The molecule has 0 spiro atoms. The lowest BCUT2D eigenvalue weighted by Crippen LogP contribution is -2.35. The number of pyridine rings is 1. The van der Waals surface area contributed by atoms with Crippen LogP contribution in [0, 0.1) is 6.92 Å². The van der Waals surface area contributed by atoms with Gasteiger partial charge in [-0.3, -0.25) is 9.59 Å². The van der Waals surface area contributed by atoms with Crippen molar-refractivity contribution in [3.05, 3.63) is 81.8 Å². The number of benzene rings is 2. The van der Waals surface area contributed by atoms with Crippen molar-refractivity contribution in [3.8, 4) is 22.6 Å². The summed E-state index contributed by atoms with van der Waals surface area (Å²) in [5, 5.41) is 10.5. The largest absolute Gasteiger partial charge is 0.504 e. The zero-order chi connectivity index (χ0) is 19.7. The number of aromatic amines is 1. The lowest BCUT2D eigenvalue weighted by atomic mass is 9.97. The molecule has 28 heavy (non-hydrogen) atoms. The number of hydrogen-bond donors (Lipinski definition) is 2. The van der Waals surface area contributed by atoms with Gasteiger partial charge in [0.2, 0.25) is 0 Å². The lowest BCUT2D eigenvalue weighted by molar-refractivity contribution is 0.0731. The predicted octanol–water partition coefficient (Wildman–Crippen LogP) is 3.09. The number of amides is 1. The molecule has 0 unspecified atom stereocenters. The Morgan fingerprint density at radius 2 is 2.00 bits per heavy atom. The van der Waals surface area contributed by atoms with Crippen LogP contribution >= 0.6 is 0 Å². The number of ether oxygens (including phenoxy) is 1. The summed E-state index contributed by atoms with van der Waals surface area (Å²) in [5.74, 6) is 0.0660. The van der Waals surface area contributed by atoms with Gasteiger partial charge in [0.1, 0.15) is 12.2 Å². The first-order chi connectivity index (χ1) is 13.5. The molecule has 1 aromatic heterocycles. The van der Waals surface area contributed by atoms with Gasteiger partial charge >= 0.3 is 0 Å². The van der Waals surface area contributed by atoms with Gasteiger partial charge in [-0.2, -0.15) is 0 Å². The number of nitrogens with zero attached hydrogens (tertiary/aromatic N) is 1. The van der Waals surface area contributed by atoms with E-state index in [0.29, 0.717) is 17.9 Å². The van der Waals surface area contributed by atoms with Crippen LogP contribution in [-0.4, -0.2) is 34.0 Å². The summed E-state index contributed by atoms with van der Waals surface area (Å²) in [6, 6.07) is 14.6. The maximum atomic E-state index is 12.9. The molecule has 6 nitrogen and oxygen atoms in total. The van der Waals surface area contributed by atoms with Crippen LogP contribution in [0.2, 0.25) is 0 Å². The van der Waals surface area contributed by atoms with Gasteiger partial charge in [-0.1, -0.05) is 24.3 Å². The smallest absolute Gasteiger partial charge is 0.260 e. The lowest BCUT2D eigenvalue weighted by Gasteiger charge is -2.20. The molecule has 142 valence electrons. The first kappa shape index (κ1) is 17.9. The van der Waals surface area contributed by atoms with Crippen LogP contribution < -0.4 is 10.3 Å². The van der Waals surface area contributed by atoms with Gasteiger partial charge in [-0.25, -0.2) is 0 Å². The maximum absolute atomic E-state index is 12.9. The van der Waals surface area contributed by atoms with E-state index >= 15 is 0 Å². The number of aromatic nitrogens is 1. The number of aromatic hydroxyl groups is 1. The maximum Gasteiger partial charge on any atom is 0.260 e. The molecule has 0 aliphatic carbocycles. The molecule has 2 aromatic carbocycles. The number of phenols is 1. The Labute approximate surface area is 162 Å². The van der Waals surface area contributed by atoms with Crippen LogP contribution in [-0.2, 0) is 6.54 Å². The highest BCUT2D eigenvalue weighted by Gasteiger charge is 2.25. The molecule has 1 aliphatic rings. The fraction of sp³-hybridized carbons (Fsp3) is 0.182. The molecule has 3 aromatic rings. The predicted molar refractivity (Wildman–Crippen MR) is 106 cm³/mol. The van der Waals surface area contributed by atoms with Crippen LogP contribution in [0.1, 0.15) is 21.5 Å². The van der Waals surface area contributed by atoms with E-state index in [1.54, 1.807) is 17.0 Å². The Balaban J connectivity index is 1.73. The van der Waals surface area contributed by atoms with Crippen LogP contribution in [0.3, 0.4) is 0 Å². The highest BCUT2D eigenvalue weighted by Crippen LogP contribution is 2.38. The highest BCUT2D eigenvalue weighted by atomic mass is 16.5. The van der Waals surface area contributed by atoms with Crippen molar-refractivity contribution >= 4 is 5.91 Å². The van der Waals surface area contributed by atoms with Crippen LogP contribution in [0.15, 0.2) is 59.5 Å². The van der Waals surface area contributed by atoms with E-state index in [4.69, 9.17) is 4.74 Å². The minimum Gasteiger partial charge on any atom is -0.504 e. The zero-order valence-corrected chi connectivity index (χ0v) is 15.4. The van der Waals surface area contributed by atoms with E-state index in [-0.39, 0.29) is 30.4 Å². The van der Waals surface area contributed by atoms with E-state index in [1.165, 1.54) is 12.3 Å². The number of nitrogens with one attached hydrogen (secondary N) is 1. The molecule has 0 saturated heterocycles. The Hall–Kier alpha value is -3.54. The number of hydrogen-bond acceptors (Lipinski definition) is 4. The molecule has 0 radical (unpaired) electrons. The van der Waals surface area contributed by atoms with E-state index < -0.39 is 5.56 Å². The van der Waals surface area contributed by atoms with Gasteiger partial charge in [-0.05, 0) is 47.9 Å². The quantitative estimate of drug-likeness (QED) is 0.720. The highest BCUT2D eigenvalue weighted by molar-refractivity contribution is 5.94. The summed E-state index contributed by atoms with van der Waals surface area (Å²) in [4.78, 5) is 28.9. The van der Waals surface area contributed by atoms with Crippen LogP contribution in [0.25, 0.3) is 11.1 Å². The average molecular weight is 376 g/mol. The fourth-order valence-electron chi connectivity index (χ4n) is 3.48. The standard InChI is InChI=1S/C22H20N2O4/c1-14-5-2-3-6-17(14)15-11-16-13-24(9-10-28-20(16)19(25)12-15)22(27)18-7-4-8-23-21(18)26/h2-8,11-12,25H,9-10,13H2,1H3,(H,23,26). The first-order valence-electron chi connectivity index (χ1n) is 9.06. The summed E-state index contributed by atoms with van der Waals surface area (Å²) in [6.45, 7) is 2.81. The molecular formula is C22H20N2O4. The Morgan fingerprint density at radius 3 is 2.79 bits per heavy atom. The Morgan fingerprint density at radius 1 is 1.18 bits per heavy atom. The van der Waals surface area contributed by atoms with Gasteiger partial charge < -0.3 is 19.7 Å². The van der Waals surface area contributed by atoms with Crippen LogP contribution in [0.4, 0.5) is 0 Å². The van der Waals surface area contributed by atoms with Crippen molar-refractivity contribution in [3.63, 3.8) is 0 Å². The molecule has 1 amide bonds. The number of phenolic OH excluding ortho intramolecular Hbond substituents is 1. The molecular weight excluding hydrogens is 356 g/mol. The van der Waals surface area contributed by atoms with Crippen molar-refractivity contribution < 1.29 is 14.6 Å². The topological polar surface area (TPSA) is 82.6 Å². The minimum absolute atomic E-state index is 0.0441. The van der Waals surface area contributed by atoms with E-state index in [0.717, 1.165) is 16.7 Å². The van der Waals surface area contributed by atoms with Gasteiger partial charge in [0.25, 0.3) is 11.5 Å². The molecule has 0 saturated carbocycles.